The summed E-state index contributed by atoms with van der Waals surface area (Å²) in [6, 6.07) is 1.94. The van der Waals surface area contributed by atoms with Crippen LogP contribution in [0.5, 0.6) is 0 Å². The van der Waals surface area contributed by atoms with Gasteiger partial charge < -0.3 is 10.2 Å². The van der Waals surface area contributed by atoms with Crippen molar-refractivity contribution in [2.75, 3.05) is 30.9 Å². The lowest BCUT2D eigenvalue weighted by atomic mass is 10.4. The summed E-state index contributed by atoms with van der Waals surface area (Å²) < 4.78 is 0. The van der Waals surface area contributed by atoms with E-state index in [4.69, 9.17) is 0 Å². The van der Waals surface area contributed by atoms with Crippen LogP contribution in [0, 0.1) is 6.92 Å². The molecule has 1 aromatic rings. The smallest absolute Gasteiger partial charge is 0.225 e. The van der Waals surface area contributed by atoms with E-state index in [1.807, 2.05) is 32.0 Å². The third-order valence-corrected chi connectivity index (χ3v) is 1.70. The maximum Gasteiger partial charge on any atom is 0.225 e. The summed E-state index contributed by atoms with van der Waals surface area (Å²) in [6.07, 6.45) is 1.78. The molecule has 14 heavy (non-hydrogen) atoms. The molecule has 0 bridgehead atoms. The molecule has 0 aliphatic rings. The summed E-state index contributed by atoms with van der Waals surface area (Å²) in [7, 11) is 3.91. The normalized spacial score (nSPS) is 9.64. The van der Waals surface area contributed by atoms with Gasteiger partial charge in [-0.25, -0.2) is 4.98 Å². The van der Waals surface area contributed by atoms with Crippen LogP contribution in [0.25, 0.3) is 0 Å². The second-order valence-corrected chi connectivity index (χ2v) is 3.26. The Balaban J connectivity index is 2.89. The lowest BCUT2D eigenvalue weighted by Gasteiger charge is -2.13. The molecule has 1 rings (SSSR count). The Morgan fingerprint density at radius 1 is 1.50 bits per heavy atom. The van der Waals surface area contributed by atoms with E-state index >= 15 is 0 Å². The number of hydrogen-bond acceptors (Lipinski definition) is 4. The second-order valence-electron chi connectivity index (χ2n) is 3.26. The predicted molar refractivity (Wildman–Crippen MR) is 59.8 cm³/mol. The molecule has 0 aromatic carbocycles. The van der Waals surface area contributed by atoms with Crippen molar-refractivity contribution >= 4 is 11.8 Å². The molecule has 1 N–H and O–H groups in total. The van der Waals surface area contributed by atoms with Crippen LogP contribution >= 0.6 is 0 Å². The average Bonchev–Trinajstić information content (AvgIpc) is 2.14. The van der Waals surface area contributed by atoms with Crippen LogP contribution in [0.1, 0.15) is 5.69 Å². The Labute approximate surface area is 84.7 Å². The van der Waals surface area contributed by atoms with Gasteiger partial charge in [-0.05, 0) is 6.92 Å². The number of nitrogens with zero attached hydrogens (tertiary/aromatic N) is 3. The van der Waals surface area contributed by atoms with Gasteiger partial charge in [-0.15, -0.1) is 6.58 Å². The molecule has 0 spiro atoms. The number of rotatable bonds is 4. The van der Waals surface area contributed by atoms with Gasteiger partial charge in [0.2, 0.25) is 5.95 Å². The molecule has 0 amide bonds. The van der Waals surface area contributed by atoms with Crippen molar-refractivity contribution < 1.29 is 0 Å². The quantitative estimate of drug-likeness (QED) is 0.733. The largest absolute Gasteiger partial charge is 0.363 e. The summed E-state index contributed by atoms with van der Waals surface area (Å²) in [5.41, 5.74) is 0.954. The zero-order chi connectivity index (χ0) is 10.6. The zero-order valence-electron chi connectivity index (χ0n) is 8.91. The van der Waals surface area contributed by atoms with Crippen LogP contribution in [-0.2, 0) is 0 Å². The topological polar surface area (TPSA) is 41.1 Å². The maximum atomic E-state index is 4.33. The van der Waals surface area contributed by atoms with E-state index in [0.717, 1.165) is 11.5 Å². The standard InChI is InChI=1S/C10H16N4/c1-5-6-11-10-12-8(2)7-9(13-10)14(3)4/h5,7H,1,6H2,2-4H3,(H,11,12,13). The lowest BCUT2D eigenvalue weighted by Crippen LogP contribution is -2.13. The molecule has 4 nitrogen and oxygen atoms in total. The maximum absolute atomic E-state index is 4.33. The third kappa shape index (κ3) is 2.73. The molecule has 0 atom stereocenters. The monoisotopic (exact) mass is 192 g/mol. The van der Waals surface area contributed by atoms with E-state index in [2.05, 4.69) is 21.9 Å². The number of hydrogen-bond donors (Lipinski definition) is 1. The number of aromatic nitrogens is 2. The Morgan fingerprint density at radius 2 is 2.21 bits per heavy atom. The fraction of sp³-hybridized carbons (Fsp3) is 0.400. The molecule has 0 saturated carbocycles. The minimum absolute atomic E-state index is 0.647. The van der Waals surface area contributed by atoms with Gasteiger partial charge in [0, 0.05) is 32.4 Å². The van der Waals surface area contributed by atoms with Gasteiger partial charge in [-0.1, -0.05) is 6.08 Å². The van der Waals surface area contributed by atoms with Gasteiger partial charge in [-0.2, -0.15) is 4.98 Å². The summed E-state index contributed by atoms with van der Waals surface area (Å²) in [4.78, 5) is 10.5. The van der Waals surface area contributed by atoms with Crippen molar-refractivity contribution in [1.82, 2.24) is 9.97 Å². The van der Waals surface area contributed by atoms with E-state index in [-0.39, 0.29) is 0 Å². The van der Waals surface area contributed by atoms with Crippen LogP contribution in [0.4, 0.5) is 11.8 Å². The van der Waals surface area contributed by atoms with Gasteiger partial charge in [0.05, 0.1) is 0 Å². The first kappa shape index (κ1) is 10.5. The molecule has 0 fully saturated rings. The molecule has 0 aliphatic heterocycles. The summed E-state index contributed by atoms with van der Waals surface area (Å²) in [6.45, 7) is 6.26. The van der Waals surface area contributed by atoms with Gasteiger partial charge >= 0.3 is 0 Å². The fourth-order valence-electron chi connectivity index (χ4n) is 1.02. The highest BCUT2D eigenvalue weighted by molar-refractivity contribution is 5.43. The second kappa shape index (κ2) is 4.60. The first-order chi connectivity index (χ1) is 6.63. The fourth-order valence-corrected chi connectivity index (χ4v) is 1.02. The molecule has 0 radical (unpaired) electrons. The number of aryl methyl sites for hydroxylation is 1. The SMILES string of the molecule is C=CCNc1nc(C)cc(N(C)C)n1. The molecule has 0 saturated heterocycles. The molecule has 4 heteroatoms. The highest BCUT2D eigenvalue weighted by atomic mass is 15.2. The van der Waals surface area contributed by atoms with Crippen molar-refractivity contribution in [3.05, 3.63) is 24.4 Å². The zero-order valence-corrected chi connectivity index (χ0v) is 8.91. The predicted octanol–water partition coefficient (Wildman–Crippen LogP) is 1.45. The van der Waals surface area contributed by atoms with Crippen molar-refractivity contribution in [3.63, 3.8) is 0 Å². The van der Waals surface area contributed by atoms with Gasteiger partial charge in [0.15, 0.2) is 0 Å². The molecule has 1 heterocycles. The summed E-state index contributed by atoms with van der Waals surface area (Å²) in [5, 5.41) is 3.06. The minimum atomic E-state index is 0.647. The first-order valence-corrected chi connectivity index (χ1v) is 4.51. The highest BCUT2D eigenvalue weighted by Gasteiger charge is 2.02. The Hall–Kier alpha value is -1.58. The Kier molecular flexibility index (Phi) is 3.45. The number of nitrogens with one attached hydrogen (secondary N) is 1. The Morgan fingerprint density at radius 3 is 2.79 bits per heavy atom. The Bertz CT molecular complexity index is 320. The molecule has 76 valence electrons. The molecular weight excluding hydrogens is 176 g/mol. The van der Waals surface area contributed by atoms with Crippen molar-refractivity contribution in [2.45, 2.75) is 6.92 Å². The van der Waals surface area contributed by atoms with E-state index in [1.54, 1.807) is 6.08 Å². The van der Waals surface area contributed by atoms with Crippen LogP contribution < -0.4 is 10.2 Å². The van der Waals surface area contributed by atoms with Crippen molar-refractivity contribution in [2.24, 2.45) is 0 Å². The van der Waals surface area contributed by atoms with E-state index < -0.39 is 0 Å². The van der Waals surface area contributed by atoms with Crippen molar-refractivity contribution in [1.29, 1.82) is 0 Å². The van der Waals surface area contributed by atoms with E-state index in [9.17, 15) is 0 Å². The van der Waals surface area contributed by atoms with Crippen LogP contribution in [0.2, 0.25) is 0 Å². The highest BCUT2D eigenvalue weighted by Crippen LogP contribution is 2.11. The van der Waals surface area contributed by atoms with Gasteiger partial charge in [0.25, 0.3) is 0 Å². The van der Waals surface area contributed by atoms with E-state index in [0.29, 0.717) is 12.5 Å². The van der Waals surface area contributed by atoms with E-state index in [1.165, 1.54) is 0 Å². The molecule has 0 aliphatic carbocycles. The lowest BCUT2D eigenvalue weighted by molar-refractivity contribution is 1.01. The first-order valence-electron chi connectivity index (χ1n) is 4.51. The summed E-state index contributed by atoms with van der Waals surface area (Å²) in [5.74, 6) is 1.55. The number of anilines is 2. The van der Waals surface area contributed by atoms with Gasteiger partial charge in [-0.3, -0.25) is 0 Å². The van der Waals surface area contributed by atoms with Gasteiger partial charge in [0.1, 0.15) is 5.82 Å². The molecule has 0 unspecified atom stereocenters. The van der Waals surface area contributed by atoms with Crippen LogP contribution in [0.3, 0.4) is 0 Å². The average molecular weight is 192 g/mol. The van der Waals surface area contributed by atoms with Crippen molar-refractivity contribution in [3.8, 4) is 0 Å². The van der Waals surface area contributed by atoms with Crippen LogP contribution in [-0.4, -0.2) is 30.6 Å². The molecular formula is C10H16N4. The van der Waals surface area contributed by atoms with Crippen LogP contribution in [0.15, 0.2) is 18.7 Å². The third-order valence-electron chi connectivity index (χ3n) is 1.70. The summed E-state index contributed by atoms with van der Waals surface area (Å²) >= 11 is 0. The molecule has 1 aromatic heterocycles. The minimum Gasteiger partial charge on any atom is -0.363 e.